The number of aryl methyl sites for hydroxylation is 1. The molecule has 8 heteroatoms. The largest absolute Gasteiger partial charge is 0.269 e. The van der Waals surface area contributed by atoms with E-state index in [9.17, 15) is 14.9 Å². The highest BCUT2D eigenvalue weighted by molar-refractivity contribution is 5.81. The fourth-order valence-corrected chi connectivity index (χ4v) is 2.99. The van der Waals surface area contributed by atoms with Crippen molar-refractivity contribution in [2.75, 3.05) is 5.43 Å². The molecule has 1 N–H and O–H groups in total. The number of hydrogen-bond acceptors (Lipinski definition) is 6. The lowest BCUT2D eigenvalue weighted by Gasteiger charge is -2.13. The van der Waals surface area contributed by atoms with Crippen LogP contribution >= 0.6 is 0 Å². The molecule has 0 atom stereocenters. The molecule has 4 rings (SSSR count). The minimum absolute atomic E-state index is 0.00418. The number of nitrogens with zero attached hydrogens (tertiary/aromatic N) is 4. The summed E-state index contributed by atoms with van der Waals surface area (Å²) in [5.74, 6) is 0.265. The highest BCUT2D eigenvalue weighted by atomic mass is 16.6. The highest BCUT2D eigenvalue weighted by Gasteiger charge is 2.12. The maximum atomic E-state index is 13.1. The monoisotopic (exact) mass is 399 g/mol. The first-order valence-corrected chi connectivity index (χ1v) is 9.15. The zero-order valence-electron chi connectivity index (χ0n) is 16.0. The number of rotatable bonds is 5. The van der Waals surface area contributed by atoms with Crippen molar-refractivity contribution in [2.45, 2.75) is 6.92 Å². The maximum Gasteiger partial charge on any atom is 0.269 e. The van der Waals surface area contributed by atoms with E-state index in [-0.39, 0.29) is 17.2 Å². The molecule has 8 nitrogen and oxygen atoms in total. The van der Waals surface area contributed by atoms with Gasteiger partial charge in [0.25, 0.3) is 11.2 Å². The molecule has 0 saturated heterocycles. The molecule has 0 amide bonds. The minimum atomic E-state index is -0.460. The van der Waals surface area contributed by atoms with Gasteiger partial charge in [0, 0.05) is 12.1 Å². The number of anilines is 1. The van der Waals surface area contributed by atoms with Crippen molar-refractivity contribution in [2.24, 2.45) is 5.10 Å². The van der Waals surface area contributed by atoms with E-state index >= 15 is 0 Å². The fraction of sp³-hybridized carbons (Fsp3) is 0.0455. The number of non-ortho nitro benzene ring substituents is 1. The van der Waals surface area contributed by atoms with Crippen LogP contribution in [0, 0.1) is 17.0 Å². The molecule has 1 aromatic heterocycles. The van der Waals surface area contributed by atoms with E-state index in [4.69, 9.17) is 0 Å². The summed E-state index contributed by atoms with van der Waals surface area (Å²) in [6.07, 6.45) is 1.50. The number of fused-ring (bicyclic) bond motifs is 1. The molecule has 1 heterocycles. The number of para-hydroxylation sites is 1. The molecule has 0 unspecified atom stereocenters. The van der Waals surface area contributed by atoms with Gasteiger partial charge in [-0.1, -0.05) is 29.8 Å². The molecule has 0 aliphatic heterocycles. The topological polar surface area (TPSA) is 102 Å². The van der Waals surface area contributed by atoms with E-state index in [1.807, 2.05) is 37.3 Å². The molecule has 0 fully saturated rings. The van der Waals surface area contributed by atoms with Gasteiger partial charge in [-0.05, 0) is 48.9 Å². The number of nitro benzene ring substituents is 1. The van der Waals surface area contributed by atoms with Crippen LogP contribution in [0.3, 0.4) is 0 Å². The van der Waals surface area contributed by atoms with Crippen LogP contribution in [-0.4, -0.2) is 20.7 Å². The Morgan fingerprint density at radius 3 is 2.43 bits per heavy atom. The Morgan fingerprint density at radius 1 is 1.03 bits per heavy atom. The Labute approximate surface area is 171 Å². The van der Waals surface area contributed by atoms with Crippen LogP contribution < -0.4 is 11.0 Å². The van der Waals surface area contributed by atoms with Crippen molar-refractivity contribution < 1.29 is 4.92 Å². The van der Waals surface area contributed by atoms with Crippen LogP contribution in [0.2, 0.25) is 0 Å². The number of nitro groups is 1. The summed E-state index contributed by atoms with van der Waals surface area (Å²) in [6, 6.07) is 20.6. The summed E-state index contributed by atoms with van der Waals surface area (Å²) in [6.45, 7) is 1.97. The first-order chi connectivity index (χ1) is 14.5. The molecule has 0 bridgehead atoms. The van der Waals surface area contributed by atoms with E-state index < -0.39 is 4.92 Å². The van der Waals surface area contributed by atoms with Crippen LogP contribution in [0.25, 0.3) is 16.6 Å². The van der Waals surface area contributed by atoms with Crippen LogP contribution in [0.15, 0.2) is 82.7 Å². The molecule has 4 aromatic rings. The third-order valence-electron chi connectivity index (χ3n) is 4.55. The SMILES string of the molecule is Cc1ccc(-n2c(N/N=C\c3ccc([N+](=O)[O-])cc3)nc3ccccc3c2=O)cc1. The molecule has 0 radical (unpaired) electrons. The lowest BCUT2D eigenvalue weighted by atomic mass is 10.2. The molecule has 0 saturated carbocycles. The Bertz CT molecular complexity index is 1310. The quantitative estimate of drug-likeness (QED) is 0.310. The molecule has 148 valence electrons. The van der Waals surface area contributed by atoms with Gasteiger partial charge in [-0.15, -0.1) is 0 Å². The van der Waals surface area contributed by atoms with Crippen LogP contribution in [0.4, 0.5) is 11.6 Å². The summed E-state index contributed by atoms with van der Waals surface area (Å²) in [4.78, 5) is 28.0. The van der Waals surface area contributed by atoms with Gasteiger partial charge in [0.15, 0.2) is 0 Å². The standard InChI is InChI=1S/C22H17N5O3/c1-15-6-10-17(11-7-15)26-21(28)19-4-2-3-5-20(19)24-22(26)25-23-14-16-8-12-18(13-9-16)27(29)30/h2-14H,1H3,(H,24,25)/b23-14-. The highest BCUT2D eigenvalue weighted by Crippen LogP contribution is 2.17. The van der Waals surface area contributed by atoms with Crippen LogP contribution in [0.1, 0.15) is 11.1 Å². The lowest BCUT2D eigenvalue weighted by molar-refractivity contribution is -0.384. The van der Waals surface area contributed by atoms with E-state index in [0.717, 1.165) is 5.56 Å². The second kappa shape index (κ2) is 7.96. The molecule has 0 spiro atoms. The Morgan fingerprint density at radius 2 is 1.73 bits per heavy atom. The smallest absolute Gasteiger partial charge is 0.268 e. The predicted molar refractivity (Wildman–Crippen MR) is 116 cm³/mol. The number of nitrogens with one attached hydrogen (secondary N) is 1. The van der Waals surface area contributed by atoms with Gasteiger partial charge in [0.05, 0.1) is 27.7 Å². The third-order valence-corrected chi connectivity index (χ3v) is 4.55. The number of hydrogen-bond donors (Lipinski definition) is 1. The Kier molecular flexibility index (Phi) is 5.04. The molecule has 0 aliphatic carbocycles. The van der Waals surface area contributed by atoms with Crippen molar-refractivity contribution in [3.63, 3.8) is 0 Å². The number of aromatic nitrogens is 2. The van der Waals surface area contributed by atoms with Crippen LogP contribution in [0.5, 0.6) is 0 Å². The van der Waals surface area contributed by atoms with Gasteiger partial charge in [-0.2, -0.15) is 5.10 Å². The van der Waals surface area contributed by atoms with Gasteiger partial charge >= 0.3 is 0 Å². The normalized spacial score (nSPS) is 11.1. The molecule has 30 heavy (non-hydrogen) atoms. The first-order valence-electron chi connectivity index (χ1n) is 9.15. The van der Waals surface area contributed by atoms with Gasteiger partial charge in [0.2, 0.25) is 5.95 Å². The van der Waals surface area contributed by atoms with E-state index in [1.165, 1.54) is 22.9 Å². The maximum absolute atomic E-state index is 13.1. The second-order valence-corrected chi connectivity index (χ2v) is 6.65. The number of hydrazone groups is 1. The van der Waals surface area contributed by atoms with Gasteiger partial charge < -0.3 is 0 Å². The van der Waals surface area contributed by atoms with Crippen LogP contribution in [-0.2, 0) is 0 Å². The van der Waals surface area contributed by atoms with Crippen molar-refractivity contribution >= 4 is 28.8 Å². The zero-order chi connectivity index (χ0) is 21.1. The van der Waals surface area contributed by atoms with E-state index in [1.54, 1.807) is 30.3 Å². The number of benzene rings is 3. The second-order valence-electron chi connectivity index (χ2n) is 6.65. The summed E-state index contributed by atoms with van der Waals surface area (Å²) in [7, 11) is 0. The Balaban J connectivity index is 1.73. The fourth-order valence-electron chi connectivity index (χ4n) is 2.99. The summed E-state index contributed by atoms with van der Waals surface area (Å²) < 4.78 is 1.47. The Hall–Kier alpha value is -4.33. The van der Waals surface area contributed by atoms with Crippen molar-refractivity contribution in [3.8, 4) is 5.69 Å². The van der Waals surface area contributed by atoms with Crippen molar-refractivity contribution in [1.82, 2.24) is 9.55 Å². The first kappa shape index (κ1) is 19.0. The minimum Gasteiger partial charge on any atom is -0.268 e. The summed E-state index contributed by atoms with van der Waals surface area (Å²) in [5, 5.41) is 15.4. The van der Waals surface area contributed by atoms with E-state index in [0.29, 0.717) is 22.2 Å². The molecule has 3 aromatic carbocycles. The van der Waals surface area contributed by atoms with Gasteiger partial charge in [-0.25, -0.2) is 15.0 Å². The average Bonchev–Trinajstić information content (AvgIpc) is 2.75. The van der Waals surface area contributed by atoms with Crippen molar-refractivity contribution in [1.29, 1.82) is 0 Å². The zero-order valence-corrected chi connectivity index (χ0v) is 16.0. The van der Waals surface area contributed by atoms with Gasteiger partial charge in [-0.3, -0.25) is 14.9 Å². The van der Waals surface area contributed by atoms with Gasteiger partial charge in [0.1, 0.15) is 0 Å². The molecule has 0 aliphatic rings. The predicted octanol–water partition coefficient (Wildman–Crippen LogP) is 4.05. The van der Waals surface area contributed by atoms with E-state index in [2.05, 4.69) is 15.5 Å². The molecular formula is C22H17N5O3. The lowest BCUT2D eigenvalue weighted by Crippen LogP contribution is -2.22. The van der Waals surface area contributed by atoms with Crippen molar-refractivity contribution in [3.05, 3.63) is 104 Å². The average molecular weight is 399 g/mol. The molecular weight excluding hydrogens is 382 g/mol. The summed E-state index contributed by atoms with van der Waals surface area (Å²) in [5.41, 5.74) is 5.58. The summed E-state index contributed by atoms with van der Waals surface area (Å²) >= 11 is 0. The third kappa shape index (κ3) is 3.79.